The molecule has 3 nitrogen and oxygen atoms in total. The van der Waals surface area contributed by atoms with Gasteiger partial charge >= 0.3 is 0 Å². The van der Waals surface area contributed by atoms with Crippen molar-refractivity contribution in [2.24, 2.45) is 0 Å². The van der Waals surface area contributed by atoms with Crippen LogP contribution in [0.25, 0.3) is 22.4 Å². The minimum atomic E-state index is 0.730. The second-order valence-corrected chi connectivity index (χ2v) is 5.87. The first-order valence-corrected chi connectivity index (χ1v) is 7.78. The standard InChI is InChI=1S/C18H19ClN2O/c1-13-5-3-6-14(11-13)18-20-16-8-7-15(19)12-17(16)21(18)9-4-10-22-2/h3,5-8,11-12H,4,9-10H2,1-2H3. The Balaban J connectivity index is 2.13. The van der Waals surface area contributed by atoms with E-state index in [0.717, 1.165) is 47.0 Å². The number of aromatic nitrogens is 2. The first-order chi connectivity index (χ1) is 10.7. The lowest BCUT2D eigenvalue weighted by Crippen LogP contribution is -2.03. The summed E-state index contributed by atoms with van der Waals surface area (Å²) in [4.78, 5) is 4.81. The molecule has 1 aromatic heterocycles. The number of hydrogen-bond acceptors (Lipinski definition) is 2. The van der Waals surface area contributed by atoms with E-state index in [0.29, 0.717) is 0 Å². The van der Waals surface area contributed by atoms with Crippen molar-refractivity contribution in [3.8, 4) is 11.4 Å². The molecule has 4 heteroatoms. The normalized spacial score (nSPS) is 11.2. The van der Waals surface area contributed by atoms with E-state index in [4.69, 9.17) is 21.3 Å². The Morgan fingerprint density at radius 1 is 1.18 bits per heavy atom. The maximum absolute atomic E-state index is 6.17. The van der Waals surface area contributed by atoms with Crippen LogP contribution in [0.15, 0.2) is 42.5 Å². The van der Waals surface area contributed by atoms with E-state index in [2.05, 4.69) is 35.8 Å². The number of ether oxygens (including phenoxy) is 1. The number of methoxy groups -OCH3 is 1. The summed E-state index contributed by atoms with van der Waals surface area (Å²) in [5.41, 5.74) is 4.40. The average molecular weight is 315 g/mol. The molecule has 0 saturated heterocycles. The van der Waals surface area contributed by atoms with E-state index in [1.165, 1.54) is 5.56 Å². The Morgan fingerprint density at radius 3 is 2.82 bits per heavy atom. The lowest BCUT2D eigenvalue weighted by Gasteiger charge is -2.09. The number of hydrogen-bond donors (Lipinski definition) is 0. The number of imidazole rings is 1. The van der Waals surface area contributed by atoms with Gasteiger partial charge in [-0.15, -0.1) is 0 Å². The second-order valence-electron chi connectivity index (χ2n) is 5.44. The van der Waals surface area contributed by atoms with Crippen LogP contribution in [-0.4, -0.2) is 23.3 Å². The fraction of sp³-hybridized carbons (Fsp3) is 0.278. The van der Waals surface area contributed by atoms with Gasteiger partial charge in [-0.25, -0.2) is 4.98 Å². The molecular formula is C18H19ClN2O. The predicted molar refractivity (Wildman–Crippen MR) is 91.4 cm³/mol. The van der Waals surface area contributed by atoms with Crippen LogP contribution in [0.1, 0.15) is 12.0 Å². The number of aryl methyl sites for hydroxylation is 2. The average Bonchev–Trinajstić information content (AvgIpc) is 2.86. The molecule has 2 aromatic carbocycles. The van der Waals surface area contributed by atoms with Crippen molar-refractivity contribution in [1.29, 1.82) is 0 Å². The van der Waals surface area contributed by atoms with E-state index in [9.17, 15) is 0 Å². The molecule has 0 aliphatic rings. The van der Waals surface area contributed by atoms with Crippen molar-refractivity contribution in [3.63, 3.8) is 0 Å². The molecule has 0 atom stereocenters. The summed E-state index contributed by atoms with van der Waals surface area (Å²) in [7, 11) is 1.73. The van der Waals surface area contributed by atoms with Gasteiger partial charge in [0.15, 0.2) is 0 Å². The minimum absolute atomic E-state index is 0.730. The van der Waals surface area contributed by atoms with E-state index >= 15 is 0 Å². The Bertz CT molecular complexity index is 795. The molecule has 22 heavy (non-hydrogen) atoms. The number of nitrogens with zero attached hydrogens (tertiary/aromatic N) is 2. The Labute approximate surface area is 135 Å². The highest BCUT2D eigenvalue weighted by Crippen LogP contribution is 2.27. The third-order valence-electron chi connectivity index (χ3n) is 3.72. The fourth-order valence-corrected chi connectivity index (χ4v) is 2.86. The predicted octanol–water partition coefficient (Wildman–Crippen LogP) is 4.70. The van der Waals surface area contributed by atoms with E-state index < -0.39 is 0 Å². The monoisotopic (exact) mass is 314 g/mol. The van der Waals surface area contributed by atoms with Gasteiger partial charge in [0, 0.05) is 30.8 Å². The molecule has 3 aromatic rings. The van der Waals surface area contributed by atoms with E-state index in [1.54, 1.807) is 7.11 Å². The van der Waals surface area contributed by atoms with Crippen LogP contribution in [0.5, 0.6) is 0 Å². The Morgan fingerprint density at radius 2 is 2.05 bits per heavy atom. The van der Waals surface area contributed by atoms with Gasteiger partial charge in [-0.1, -0.05) is 35.4 Å². The van der Waals surface area contributed by atoms with Crippen LogP contribution < -0.4 is 0 Å². The summed E-state index contributed by atoms with van der Waals surface area (Å²) in [6.07, 6.45) is 0.938. The van der Waals surface area contributed by atoms with Gasteiger partial charge in [0.05, 0.1) is 11.0 Å². The molecule has 0 amide bonds. The second kappa shape index (κ2) is 6.51. The maximum atomic E-state index is 6.17. The molecule has 0 bridgehead atoms. The zero-order valence-electron chi connectivity index (χ0n) is 12.8. The van der Waals surface area contributed by atoms with Gasteiger partial charge < -0.3 is 9.30 Å². The summed E-state index contributed by atoms with van der Waals surface area (Å²) in [5, 5.41) is 0.733. The molecular weight excluding hydrogens is 296 g/mol. The van der Waals surface area contributed by atoms with Crippen LogP contribution in [0.3, 0.4) is 0 Å². The highest BCUT2D eigenvalue weighted by atomic mass is 35.5. The van der Waals surface area contributed by atoms with Gasteiger partial charge in [-0.2, -0.15) is 0 Å². The lowest BCUT2D eigenvalue weighted by molar-refractivity contribution is 0.191. The van der Waals surface area contributed by atoms with Crippen LogP contribution in [0.4, 0.5) is 0 Å². The van der Waals surface area contributed by atoms with Gasteiger partial charge in [-0.05, 0) is 37.6 Å². The third kappa shape index (κ3) is 3.01. The first-order valence-electron chi connectivity index (χ1n) is 7.41. The summed E-state index contributed by atoms with van der Waals surface area (Å²) in [5.74, 6) is 0.983. The van der Waals surface area contributed by atoms with Crippen molar-refractivity contribution in [3.05, 3.63) is 53.1 Å². The molecule has 1 heterocycles. The number of fused-ring (bicyclic) bond motifs is 1. The molecule has 0 saturated carbocycles. The molecule has 3 rings (SSSR count). The minimum Gasteiger partial charge on any atom is -0.385 e. The van der Waals surface area contributed by atoms with Crippen molar-refractivity contribution in [2.45, 2.75) is 19.9 Å². The number of rotatable bonds is 5. The highest BCUT2D eigenvalue weighted by molar-refractivity contribution is 6.31. The first kappa shape index (κ1) is 15.1. The van der Waals surface area contributed by atoms with Crippen molar-refractivity contribution >= 4 is 22.6 Å². The topological polar surface area (TPSA) is 27.1 Å². The SMILES string of the molecule is COCCCn1c(-c2cccc(C)c2)nc2ccc(Cl)cc21. The summed E-state index contributed by atoms with van der Waals surface area (Å²) in [6, 6.07) is 14.3. The smallest absolute Gasteiger partial charge is 0.141 e. The van der Waals surface area contributed by atoms with Crippen molar-refractivity contribution in [2.75, 3.05) is 13.7 Å². The Kier molecular flexibility index (Phi) is 4.46. The van der Waals surface area contributed by atoms with E-state index in [1.807, 2.05) is 18.2 Å². The quantitative estimate of drug-likeness (QED) is 0.638. The van der Waals surface area contributed by atoms with Crippen LogP contribution in [-0.2, 0) is 11.3 Å². The van der Waals surface area contributed by atoms with Crippen molar-refractivity contribution in [1.82, 2.24) is 9.55 Å². The number of halogens is 1. The molecule has 0 N–H and O–H groups in total. The maximum Gasteiger partial charge on any atom is 0.141 e. The molecule has 0 aliphatic heterocycles. The summed E-state index contributed by atoms with van der Waals surface area (Å²) < 4.78 is 7.41. The van der Waals surface area contributed by atoms with Gasteiger partial charge in [0.2, 0.25) is 0 Å². The molecule has 114 valence electrons. The van der Waals surface area contributed by atoms with Crippen LogP contribution in [0.2, 0.25) is 5.02 Å². The summed E-state index contributed by atoms with van der Waals surface area (Å²) >= 11 is 6.17. The zero-order chi connectivity index (χ0) is 15.5. The van der Waals surface area contributed by atoms with Crippen LogP contribution in [0, 0.1) is 6.92 Å². The van der Waals surface area contributed by atoms with Crippen LogP contribution >= 0.6 is 11.6 Å². The van der Waals surface area contributed by atoms with E-state index in [-0.39, 0.29) is 0 Å². The molecule has 0 radical (unpaired) electrons. The van der Waals surface area contributed by atoms with Gasteiger partial charge in [0.1, 0.15) is 5.82 Å². The summed E-state index contributed by atoms with van der Waals surface area (Å²) in [6.45, 7) is 3.68. The highest BCUT2D eigenvalue weighted by Gasteiger charge is 2.13. The molecule has 0 fully saturated rings. The third-order valence-corrected chi connectivity index (χ3v) is 3.95. The van der Waals surface area contributed by atoms with Crippen molar-refractivity contribution < 1.29 is 4.74 Å². The van der Waals surface area contributed by atoms with Gasteiger partial charge in [-0.3, -0.25) is 0 Å². The fourth-order valence-electron chi connectivity index (χ4n) is 2.69. The zero-order valence-corrected chi connectivity index (χ0v) is 13.6. The molecule has 0 unspecified atom stereocenters. The molecule has 0 spiro atoms. The Hall–Kier alpha value is -1.84. The molecule has 0 aliphatic carbocycles. The lowest BCUT2D eigenvalue weighted by atomic mass is 10.1. The largest absolute Gasteiger partial charge is 0.385 e. The van der Waals surface area contributed by atoms with Gasteiger partial charge in [0.25, 0.3) is 0 Å². The number of benzene rings is 2.